The van der Waals surface area contributed by atoms with Gasteiger partial charge in [-0.05, 0) is 18.9 Å². The summed E-state index contributed by atoms with van der Waals surface area (Å²) >= 11 is 0. The molecule has 3 nitrogen and oxygen atoms in total. The lowest BCUT2D eigenvalue weighted by molar-refractivity contribution is 0.0656. The lowest BCUT2D eigenvalue weighted by atomic mass is 10.0. The molecule has 1 saturated heterocycles. The number of rotatable bonds is 5. The molecule has 0 aromatic heterocycles. The van der Waals surface area contributed by atoms with Crippen molar-refractivity contribution >= 4 is 0 Å². The Labute approximate surface area is 110 Å². The van der Waals surface area contributed by atoms with Gasteiger partial charge in [0.15, 0.2) is 0 Å². The van der Waals surface area contributed by atoms with E-state index in [0.717, 1.165) is 32.6 Å². The van der Waals surface area contributed by atoms with Crippen LogP contribution in [0.4, 0.5) is 0 Å². The van der Waals surface area contributed by atoms with E-state index < -0.39 is 0 Å². The molecular weight excluding hydrogens is 224 g/mol. The van der Waals surface area contributed by atoms with Crippen LogP contribution >= 0.6 is 0 Å². The molecule has 3 heteroatoms. The van der Waals surface area contributed by atoms with E-state index in [-0.39, 0.29) is 0 Å². The van der Waals surface area contributed by atoms with Crippen molar-refractivity contribution in [1.82, 2.24) is 10.2 Å². The van der Waals surface area contributed by atoms with Gasteiger partial charge >= 0.3 is 0 Å². The molecule has 2 atom stereocenters. The van der Waals surface area contributed by atoms with E-state index in [1.165, 1.54) is 5.56 Å². The fraction of sp³-hybridized carbons (Fsp3) is 0.600. The van der Waals surface area contributed by atoms with Crippen molar-refractivity contribution in [2.75, 3.05) is 33.3 Å². The Morgan fingerprint density at radius 1 is 1.39 bits per heavy atom. The predicted octanol–water partition coefficient (Wildman–Crippen LogP) is 1.54. The van der Waals surface area contributed by atoms with Crippen LogP contribution in [0.2, 0.25) is 0 Å². The third kappa shape index (κ3) is 4.09. The third-order valence-corrected chi connectivity index (χ3v) is 3.58. The molecule has 18 heavy (non-hydrogen) atoms. The van der Waals surface area contributed by atoms with E-state index in [0.29, 0.717) is 12.1 Å². The molecule has 0 aliphatic carbocycles. The summed E-state index contributed by atoms with van der Waals surface area (Å²) in [6, 6.07) is 11.3. The van der Waals surface area contributed by atoms with E-state index in [1.54, 1.807) is 7.11 Å². The first-order chi connectivity index (χ1) is 8.78. The van der Waals surface area contributed by atoms with Crippen LogP contribution in [0.25, 0.3) is 0 Å². The second-order valence-electron chi connectivity index (χ2n) is 5.15. The van der Waals surface area contributed by atoms with Crippen LogP contribution in [-0.2, 0) is 11.2 Å². The summed E-state index contributed by atoms with van der Waals surface area (Å²) in [4.78, 5) is 2.50. The average molecular weight is 248 g/mol. The van der Waals surface area contributed by atoms with E-state index in [9.17, 15) is 0 Å². The molecule has 1 fully saturated rings. The molecule has 0 spiro atoms. The van der Waals surface area contributed by atoms with E-state index >= 15 is 0 Å². The van der Waals surface area contributed by atoms with Gasteiger partial charge in [-0.1, -0.05) is 30.3 Å². The standard InChI is InChI=1S/C15H24N2O/c1-13(18-2)11-17-9-8-16-15(12-17)10-14-6-4-3-5-7-14/h3-7,13,15-16H,8-12H2,1-2H3. The number of methoxy groups -OCH3 is 1. The van der Waals surface area contributed by atoms with Crippen LogP contribution in [0, 0.1) is 0 Å². The highest BCUT2D eigenvalue weighted by molar-refractivity contribution is 5.16. The molecule has 1 N–H and O–H groups in total. The Morgan fingerprint density at radius 3 is 2.89 bits per heavy atom. The first-order valence-electron chi connectivity index (χ1n) is 6.80. The Kier molecular flexibility index (Phi) is 5.17. The molecule has 1 aliphatic rings. The van der Waals surface area contributed by atoms with Crippen molar-refractivity contribution in [2.24, 2.45) is 0 Å². The largest absolute Gasteiger partial charge is 0.380 e. The summed E-state index contributed by atoms with van der Waals surface area (Å²) < 4.78 is 5.34. The van der Waals surface area contributed by atoms with E-state index in [4.69, 9.17) is 4.74 Å². The molecule has 0 saturated carbocycles. The minimum absolute atomic E-state index is 0.320. The first-order valence-corrected chi connectivity index (χ1v) is 6.80. The van der Waals surface area contributed by atoms with Gasteiger partial charge in [0.05, 0.1) is 6.10 Å². The molecular formula is C15H24N2O. The van der Waals surface area contributed by atoms with Crippen molar-refractivity contribution in [3.8, 4) is 0 Å². The fourth-order valence-corrected chi connectivity index (χ4v) is 2.53. The molecule has 0 radical (unpaired) electrons. The first kappa shape index (κ1) is 13.5. The average Bonchev–Trinajstić information content (AvgIpc) is 2.40. The SMILES string of the molecule is COC(C)CN1CCNC(Cc2ccccc2)C1. The minimum atomic E-state index is 0.320. The van der Waals surface area contributed by atoms with Crippen LogP contribution in [0.15, 0.2) is 30.3 Å². The van der Waals surface area contributed by atoms with Gasteiger partial charge in [0, 0.05) is 39.3 Å². The van der Waals surface area contributed by atoms with Crippen LogP contribution in [0.1, 0.15) is 12.5 Å². The van der Waals surface area contributed by atoms with Gasteiger partial charge in [0.1, 0.15) is 0 Å². The number of piperazine rings is 1. The monoisotopic (exact) mass is 248 g/mol. The molecule has 100 valence electrons. The summed E-state index contributed by atoms with van der Waals surface area (Å²) in [5.41, 5.74) is 1.41. The van der Waals surface area contributed by atoms with E-state index in [1.807, 2.05) is 0 Å². The van der Waals surface area contributed by atoms with Crippen molar-refractivity contribution in [3.05, 3.63) is 35.9 Å². The van der Waals surface area contributed by atoms with Crippen molar-refractivity contribution in [3.63, 3.8) is 0 Å². The summed E-state index contributed by atoms with van der Waals surface area (Å²) in [5.74, 6) is 0. The highest BCUT2D eigenvalue weighted by Crippen LogP contribution is 2.08. The maximum atomic E-state index is 5.34. The number of nitrogens with zero attached hydrogens (tertiary/aromatic N) is 1. The number of hydrogen-bond donors (Lipinski definition) is 1. The predicted molar refractivity (Wildman–Crippen MR) is 74.8 cm³/mol. The Morgan fingerprint density at radius 2 is 2.17 bits per heavy atom. The molecule has 1 heterocycles. The molecule has 1 aliphatic heterocycles. The zero-order valence-corrected chi connectivity index (χ0v) is 11.4. The van der Waals surface area contributed by atoms with Gasteiger partial charge in [-0.15, -0.1) is 0 Å². The van der Waals surface area contributed by atoms with Crippen molar-refractivity contribution in [2.45, 2.75) is 25.5 Å². The number of benzene rings is 1. The van der Waals surface area contributed by atoms with Crippen LogP contribution in [0.3, 0.4) is 0 Å². The van der Waals surface area contributed by atoms with Gasteiger partial charge in [0.25, 0.3) is 0 Å². The summed E-state index contributed by atoms with van der Waals surface area (Å²) in [6.45, 7) is 6.48. The van der Waals surface area contributed by atoms with Gasteiger partial charge in [0.2, 0.25) is 0 Å². The maximum absolute atomic E-state index is 5.34. The normalized spacial score (nSPS) is 22.9. The maximum Gasteiger partial charge on any atom is 0.0670 e. The smallest absolute Gasteiger partial charge is 0.0670 e. The quantitative estimate of drug-likeness (QED) is 0.855. The molecule has 2 unspecified atom stereocenters. The number of ether oxygens (including phenoxy) is 1. The molecule has 0 bridgehead atoms. The number of nitrogens with one attached hydrogen (secondary N) is 1. The second kappa shape index (κ2) is 6.88. The summed E-state index contributed by atoms with van der Waals surface area (Å²) in [6.07, 6.45) is 1.43. The van der Waals surface area contributed by atoms with Crippen molar-refractivity contribution in [1.29, 1.82) is 0 Å². The molecule has 2 rings (SSSR count). The second-order valence-corrected chi connectivity index (χ2v) is 5.15. The number of hydrogen-bond acceptors (Lipinski definition) is 3. The van der Waals surface area contributed by atoms with Crippen LogP contribution in [-0.4, -0.2) is 50.3 Å². The summed E-state index contributed by atoms with van der Waals surface area (Å²) in [7, 11) is 1.79. The minimum Gasteiger partial charge on any atom is -0.380 e. The molecule has 1 aromatic rings. The lowest BCUT2D eigenvalue weighted by Crippen LogP contribution is -2.53. The highest BCUT2D eigenvalue weighted by Gasteiger charge is 2.20. The Bertz CT molecular complexity index is 342. The van der Waals surface area contributed by atoms with Gasteiger partial charge in [-0.3, -0.25) is 4.90 Å². The molecule has 1 aromatic carbocycles. The zero-order chi connectivity index (χ0) is 12.8. The zero-order valence-electron chi connectivity index (χ0n) is 11.4. The highest BCUT2D eigenvalue weighted by atomic mass is 16.5. The lowest BCUT2D eigenvalue weighted by Gasteiger charge is -2.35. The Hall–Kier alpha value is -0.900. The molecule has 0 amide bonds. The Balaban J connectivity index is 1.83. The van der Waals surface area contributed by atoms with Gasteiger partial charge in [-0.2, -0.15) is 0 Å². The van der Waals surface area contributed by atoms with Gasteiger partial charge in [-0.25, -0.2) is 0 Å². The van der Waals surface area contributed by atoms with Gasteiger partial charge < -0.3 is 10.1 Å². The summed E-state index contributed by atoms with van der Waals surface area (Å²) in [5, 5.41) is 3.61. The van der Waals surface area contributed by atoms with E-state index in [2.05, 4.69) is 47.5 Å². The third-order valence-electron chi connectivity index (χ3n) is 3.58. The van der Waals surface area contributed by atoms with Crippen LogP contribution < -0.4 is 5.32 Å². The van der Waals surface area contributed by atoms with Crippen LogP contribution in [0.5, 0.6) is 0 Å². The fourth-order valence-electron chi connectivity index (χ4n) is 2.53. The van der Waals surface area contributed by atoms with Crippen molar-refractivity contribution < 1.29 is 4.74 Å². The topological polar surface area (TPSA) is 24.5 Å².